The lowest BCUT2D eigenvalue weighted by atomic mass is 9.81. The fourth-order valence-corrected chi connectivity index (χ4v) is 1.79. The maximum atomic E-state index is 12.1. The van der Waals surface area contributed by atoms with Crippen LogP contribution in [0.2, 0.25) is 0 Å². The van der Waals surface area contributed by atoms with Gasteiger partial charge in [0.1, 0.15) is 0 Å². The van der Waals surface area contributed by atoms with Gasteiger partial charge in [0, 0.05) is 11.8 Å². The van der Waals surface area contributed by atoms with E-state index >= 15 is 0 Å². The fraction of sp³-hybridized carbons (Fsp3) is 0.571. The van der Waals surface area contributed by atoms with Crippen LogP contribution in [-0.4, -0.2) is 30.5 Å². The molecule has 0 saturated carbocycles. The number of terminal acetylenes is 1. The summed E-state index contributed by atoms with van der Waals surface area (Å²) in [7, 11) is 0. The first-order valence-electron chi connectivity index (χ1n) is 6.07. The lowest BCUT2D eigenvalue weighted by Crippen LogP contribution is -2.41. The second-order valence-corrected chi connectivity index (χ2v) is 4.38. The molecule has 0 fully saturated rings. The lowest BCUT2D eigenvalue weighted by molar-refractivity contribution is -0.171. The number of halogens is 1. The molecule has 0 heterocycles. The van der Waals surface area contributed by atoms with Gasteiger partial charge in [0.2, 0.25) is 0 Å². The fourth-order valence-electron chi connectivity index (χ4n) is 1.53. The van der Waals surface area contributed by atoms with Crippen LogP contribution in [0.4, 0.5) is 0 Å². The van der Waals surface area contributed by atoms with E-state index in [1.807, 2.05) is 0 Å². The molecule has 0 atom stereocenters. The van der Waals surface area contributed by atoms with Gasteiger partial charge >= 0.3 is 11.9 Å². The van der Waals surface area contributed by atoms with Gasteiger partial charge in [-0.2, -0.15) is 0 Å². The molecule has 5 heteroatoms. The van der Waals surface area contributed by atoms with E-state index in [1.165, 1.54) is 0 Å². The number of esters is 2. The summed E-state index contributed by atoms with van der Waals surface area (Å²) in [6.45, 7) is 3.73. The number of alkyl halides is 1. The molecule has 0 saturated heterocycles. The van der Waals surface area contributed by atoms with E-state index in [4.69, 9.17) is 15.9 Å². The Hall–Kier alpha value is -1.28. The van der Waals surface area contributed by atoms with Crippen LogP contribution in [0.1, 0.15) is 26.7 Å². The van der Waals surface area contributed by atoms with Crippen LogP contribution in [0, 0.1) is 17.8 Å². The summed E-state index contributed by atoms with van der Waals surface area (Å²) in [5.41, 5.74) is -1.44. The SMILES string of the molecule is C#CCC(C/C=C/CBr)(C(=O)OCC)C(=O)OCC. The number of allylic oxidation sites excluding steroid dienone is 2. The molecule has 0 amide bonds. The Morgan fingerprint density at radius 1 is 1.21 bits per heavy atom. The zero-order valence-electron chi connectivity index (χ0n) is 11.3. The number of ether oxygens (including phenoxy) is 2. The van der Waals surface area contributed by atoms with Gasteiger partial charge in [-0.1, -0.05) is 28.1 Å². The monoisotopic (exact) mass is 330 g/mol. The van der Waals surface area contributed by atoms with Crippen LogP contribution >= 0.6 is 15.9 Å². The minimum absolute atomic E-state index is 0.0444. The minimum Gasteiger partial charge on any atom is -0.465 e. The van der Waals surface area contributed by atoms with Gasteiger partial charge in [-0.25, -0.2) is 0 Å². The molecule has 0 bridgehead atoms. The Balaban J connectivity index is 5.33. The summed E-state index contributed by atoms with van der Waals surface area (Å²) in [6, 6.07) is 0. The zero-order chi connectivity index (χ0) is 14.7. The predicted octanol–water partition coefficient (Wildman–Crippen LogP) is 2.46. The third kappa shape index (κ3) is 5.07. The van der Waals surface area contributed by atoms with Gasteiger partial charge in [0.15, 0.2) is 5.41 Å². The lowest BCUT2D eigenvalue weighted by Gasteiger charge is -2.26. The first-order valence-corrected chi connectivity index (χ1v) is 7.20. The first-order chi connectivity index (χ1) is 9.08. The van der Waals surface area contributed by atoms with Crippen molar-refractivity contribution in [3.05, 3.63) is 12.2 Å². The molecular weight excluding hydrogens is 312 g/mol. The summed E-state index contributed by atoms with van der Waals surface area (Å²) < 4.78 is 9.95. The van der Waals surface area contributed by atoms with Gasteiger partial charge in [-0.05, 0) is 20.3 Å². The van der Waals surface area contributed by atoms with E-state index in [-0.39, 0.29) is 26.1 Å². The Kier molecular flexibility index (Phi) is 8.98. The van der Waals surface area contributed by atoms with Crippen LogP contribution in [0.25, 0.3) is 0 Å². The largest absolute Gasteiger partial charge is 0.465 e. The highest BCUT2D eigenvalue weighted by Gasteiger charge is 2.47. The highest BCUT2D eigenvalue weighted by atomic mass is 79.9. The van der Waals surface area contributed by atoms with Crippen molar-refractivity contribution < 1.29 is 19.1 Å². The van der Waals surface area contributed by atoms with E-state index in [0.717, 1.165) is 0 Å². The van der Waals surface area contributed by atoms with Crippen molar-refractivity contribution >= 4 is 27.9 Å². The molecule has 0 aromatic rings. The highest BCUT2D eigenvalue weighted by molar-refractivity contribution is 9.09. The van der Waals surface area contributed by atoms with Crippen LogP contribution in [-0.2, 0) is 19.1 Å². The number of hydrogen-bond acceptors (Lipinski definition) is 4. The molecule has 0 aliphatic heterocycles. The molecule has 0 N–H and O–H groups in total. The molecule has 0 rings (SSSR count). The number of hydrogen-bond donors (Lipinski definition) is 0. The van der Waals surface area contributed by atoms with Crippen molar-refractivity contribution in [2.45, 2.75) is 26.7 Å². The smallest absolute Gasteiger partial charge is 0.324 e. The number of carbonyl (C=O) groups is 2. The van der Waals surface area contributed by atoms with E-state index in [9.17, 15) is 9.59 Å². The summed E-state index contributed by atoms with van der Waals surface area (Å²) in [6.07, 6.45) is 8.93. The number of rotatable bonds is 8. The first kappa shape index (κ1) is 17.7. The standard InChI is InChI=1S/C14H19BrO4/c1-4-9-14(10-7-8-11-15,12(16)18-5-2)13(17)19-6-3/h1,7-8H,5-6,9-11H2,2-3H3/b8-7+. The normalized spacial score (nSPS) is 11.1. The van der Waals surface area contributed by atoms with Crippen molar-refractivity contribution in [3.63, 3.8) is 0 Å². The highest BCUT2D eigenvalue weighted by Crippen LogP contribution is 2.31. The van der Waals surface area contributed by atoms with Crippen LogP contribution in [0.15, 0.2) is 12.2 Å². The van der Waals surface area contributed by atoms with Crippen molar-refractivity contribution in [3.8, 4) is 12.3 Å². The molecule has 0 aliphatic rings. The van der Waals surface area contributed by atoms with Gasteiger partial charge < -0.3 is 9.47 Å². The summed E-state index contributed by atoms with van der Waals surface area (Å²) in [4.78, 5) is 24.2. The Morgan fingerprint density at radius 3 is 2.11 bits per heavy atom. The molecule has 0 radical (unpaired) electrons. The van der Waals surface area contributed by atoms with E-state index in [0.29, 0.717) is 5.33 Å². The molecular formula is C14H19BrO4. The molecule has 0 unspecified atom stereocenters. The maximum absolute atomic E-state index is 12.1. The predicted molar refractivity (Wildman–Crippen MR) is 76.7 cm³/mol. The zero-order valence-corrected chi connectivity index (χ0v) is 12.9. The van der Waals surface area contributed by atoms with Gasteiger partial charge in [-0.15, -0.1) is 12.3 Å². The molecule has 0 aliphatic carbocycles. The third-order valence-corrected chi connectivity index (χ3v) is 2.83. The third-order valence-electron chi connectivity index (χ3n) is 2.46. The van der Waals surface area contributed by atoms with Crippen LogP contribution in [0.3, 0.4) is 0 Å². The maximum Gasteiger partial charge on any atom is 0.324 e. The second-order valence-electron chi connectivity index (χ2n) is 3.73. The molecule has 4 nitrogen and oxygen atoms in total. The van der Waals surface area contributed by atoms with Crippen molar-refractivity contribution in [1.82, 2.24) is 0 Å². The van der Waals surface area contributed by atoms with E-state index < -0.39 is 17.4 Å². The second kappa shape index (κ2) is 9.62. The Bertz CT molecular complexity index is 350. The summed E-state index contributed by atoms with van der Waals surface area (Å²) >= 11 is 3.23. The van der Waals surface area contributed by atoms with Crippen LogP contribution in [0.5, 0.6) is 0 Å². The average molecular weight is 331 g/mol. The topological polar surface area (TPSA) is 52.6 Å². The molecule has 19 heavy (non-hydrogen) atoms. The van der Waals surface area contributed by atoms with E-state index in [2.05, 4.69) is 21.9 Å². The molecule has 0 aromatic heterocycles. The quantitative estimate of drug-likeness (QED) is 0.225. The molecule has 106 valence electrons. The number of carbonyl (C=O) groups excluding carboxylic acids is 2. The average Bonchev–Trinajstić information content (AvgIpc) is 2.38. The Labute approximate surface area is 122 Å². The van der Waals surface area contributed by atoms with Crippen molar-refractivity contribution in [2.75, 3.05) is 18.5 Å². The van der Waals surface area contributed by atoms with E-state index in [1.54, 1.807) is 26.0 Å². The van der Waals surface area contributed by atoms with Gasteiger partial charge in [0.25, 0.3) is 0 Å². The van der Waals surface area contributed by atoms with Crippen molar-refractivity contribution in [2.24, 2.45) is 5.41 Å². The van der Waals surface area contributed by atoms with Gasteiger partial charge in [-0.3, -0.25) is 9.59 Å². The van der Waals surface area contributed by atoms with Crippen LogP contribution < -0.4 is 0 Å². The molecule has 0 aromatic carbocycles. The van der Waals surface area contributed by atoms with Crippen molar-refractivity contribution in [1.29, 1.82) is 0 Å². The Morgan fingerprint density at radius 2 is 1.74 bits per heavy atom. The molecule has 0 spiro atoms. The van der Waals surface area contributed by atoms with Gasteiger partial charge in [0.05, 0.1) is 13.2 Å². The minimum atomic E-state index is -1.44. The summed E-state index contributed by atoms with van der Waals surface area (Å²) in [5.74, 6) is 1.10. The summed E-state index contributed by atoms with van der Waals surface area (Å²) in [5, 5.41) is 0.630.